The summed E-state index contributed by atoms with van der Waals surface area (Å²) in [5, 5.41) is 7.43. The first-order valence-corrected chi connectivity index (χ1v) is 5.62. The summed E-state index contributed by atoms with van der Waals surface area (Å²) in [5.74, 6) is 0.883. The Bertz CT molecular complexity index is 379. The van der Waals surface area contributed by atoms with Gasteiger partial charge in [-0.1, -0.05) is 0 Å². The summed E-state index contributed by atoms with van der Waals surface area (Å²) in [7, 11) is 1.68. The molecular weight excluding hydrogens is 216 g/mol. The minimum absolute atomic E-state index is 0.0593. The van der Waals surface area contributed by atoms with Crippen LogP contribution < -0.4 is 10.6 Å². The van der Waals surface area contributed by atoms with Crippen molar-refractivity contribution in [2.24, 2.45) is 5.73 Å². The van der Waals surface area contributed by atoms with Crippen LogP contribution in [0.5, 0.6) is 0 Å². The van der Waals surface area contributed by atoms with Crippen LogP contribution >= 0.6 is 0 Å². The minimum atomic E-state index is 0.0593. The fraction of sp³-hybridized carbons (Fsp3) is 0.500. The van der Waals surface area contributed by atoms with E-state index < -0.39 is 0 Å². The summed E-state index contributed by atoms with van der Waals surface area (Å²) in [4.78, 5) is 6.44. The van der Waals surface area contributed by atoms with Gasteiger partial charge in [-0.3, -0.25) is 5.41 Å². The van der Waals surface area contributed by atoms with E-state index in [2.05, 4.69) is 23.7 Å². The first-order valence-electron chi connectivity index (χ1n) is 5.62. The average Bonchev–Trinajstić information content (AvgIpc) is 2.29. The zero-order valence-electron chi connectivity index (χ0n) is 10.6. The number of amidine groups is 1. The molecule has 3 N–H and O–H groups in total. The van der Waals surface area contributed by atoms with Gasteiger partial charge in [-0.05, 0) is 26.0 Å². The lowest BCUT2D eigenvalue weighted by molar-refractivity contribution is 0.203. The maximum Gasteiger partial charge on any atom is 0.129 e. The van der Waals surface area contributed by atoms with Gasteiger partial charge in [0.1, 0.15) is 11.7 Å². The number of ether oxygens (including phenoxy) is 1. The fourth-order valence-electron chi connectivity index (χ4n) is 1.57. The van der Waals surface area contributed by atoms with Crippen LogP contribution in [-0.4, -0.2) is 37.1 Å². The number of aromatic nitrogens is 1. The van der Waals surface area contributed by atoms with Gasteiger partial charge in [-0.15, -0.1) is 0 Å². The Morgan fingerprint density at radius 3 is 2.82 bits per heavy atom. The highest BCUT2D eigenvalue weighted by atomic mass is 16.5. The summed E-state index contributed by atoms with van der Waals surface area (Å²) < 4.78 is 5.09. The normalized spacial score (nSPS) is 10.6. The Balaban J connectivity index is 2.93. The van der Waals surface area contributed by atoms with Crippen LogP contribution in [0, 0.1) is 5.41 Å². The van der Waals surface area contributed by atoms with Crippen LogP contribution in [0.4, 0.5) is 5.82 Å². The molecule has 0 radical (unpaired) electrons. The van der Waals surface area contributed by atoms with E-state index in [1.54, 1.807) is 19.4 Å². The quantitative estimate of drug-likeness (QED) is 0.575. The first-order chi connectivity index (χ1) is 8.06. The van der Waals surface area contributed by atoms with Crippen molar-refractivity contribution in [3.63, 3.8) is 0 Å². The number of rotatable bonds is 6. The second-order valence-electron chi connectivity index (χ2n) is 4.10. The van der Waals surface area contributed by atoms with Crippen LogP contribution in [0.25, 0.3) is 0 Å². The van der Waals surface area contributed by atoms with E-state index in [1.165, 1.54) is 0 Å². The third kappa shape index (κ3) is 3.71. The smallest absolute Gasteiger partial charge is 0.129 e. The monoisotopic (exact) mass is 236 g/mol. The van der Waals surface area contributed by atoms with E-state index in [-0.39, 0.29) is 5.84 Å². The molecule has 17 heavy (non-hydrogen) atoms. The van der Waals surface area contributed by atoms with Crippen molar-refractivity contribution in [2.75, 3.05) is 25.2 Å². The molecule has 0 aliphatic rings. The van der Waals surface area contributed by atoms with E-state index in [0.29, 0.717) is 18.2 Å². The fourth-order valence-corrected chi connectivity index (χ4v) is 1.57. The second-order valence-corrected chi connectivity index (χ2v) is 4.10. The maximum atomic E-state index is 7.43. The van der Waals surface area contributed by atoms with Gasteiger partial charge in [0.05, 0.1) is 6.61 Å². The molecule has 1 heterocycles. The molecule has 0 atom stereocenters. The van der Waals surface area contributed by atoms with Crippen molar-refractivity contribution in [2.45, 2.75) is 19.9 Å². The topological polar surface area (TPSA) is 75.2 Å². The molecule has 1 aromatic heterocycles. The van der Waals surface area contributed by atoms with Crippen molar-refractivity contribution in [3.05, 3.63) is 23.9 Å². The van der Waals surface area contributed by atoms with Crippen molar-refractivity contribution >= 4 is 11.7 Å². The van der Waals surface area contributed by atoms with E-state index >= 15 is 0 Å². The predicted octanol–water partition coefficient (Wildman–Crippen LogP) is 1.23. The van der Waals surface area contributed by atoms with Crippen LogP contribution in [0.1, 0.15) is 19.4 Å². The van der Waals surface area contributed by atoms with Crippen molar-refractivity contribution in [1.82, 2.24) is 4.98 Å². The number of pyridine rings is 1. The first kappa shape index (κ1) is 13.4. The molecule has 0 saturated carbocycles. The van der Waals surface area contributed by atoms with Gasteiger partial charge < -0.3 is 15.4 Å². The van der Waals surface area contributed by atoms with E-state index in [1.807, 2.05) is 6.07 Å². The van der Waals surface area contributed by atoms with Gasteiger partial charge in [0.2, 0.25) is 0 Å². The largest absolute Gasteiger partial charge is 0.384 e. The van der Waals surface area contributed by atoms with Gasteiger partial charge in [-0.2, -0.15) is 0 Å². The molecule has 0 spiro atoms. The predicted molar refractivity (Wildman–Crippen MR) is 69.6 cm³/mol. The molecule has 0 aliphatic heterocycles. The molecule has 0 unspecified atom stereocenters. The van der Waals surface area contributed by atoms with Crippen LogP contribution in [0.3, 0.4) is 0 Å². The van der Waals surface area contributed by atoms with Gasteiger partial charge in [0.25, 0.3) is 0 Å². The lowest BCUT2D eigenvalue weighted by Crippen LogP contribution is -2.34. The number of methoxy groups -OCH3 is 1. The van der Waals surface area contributed by atoms with Crippen LogP contribution in [0.2, 0.25) is 0 Å². The summed E-state index contributed by atoms with van der Waals surface area (Å²) in [6, 6.07) is 3.89. The van der Waals surface area contributed by atoms with E-state index in [9.17, 15) is 0 Å². The Labute approximate surface area is 102 Å². The Morgan fingerprint density at radius 1 is 1.59 bits per heavy atom. The number of anilines is 1. The summed E-state index contributed by atoms with van der Waals surface area (Å²) in [6.07, 6.45) is 1.67. The SMILES string of the molecule is COCCN(c1cc(C(=N)N)ccn1)C(C)C. The lowest BCUT2D eigenvalue weighted by atomic mass is 10.2. The summed E-state index contributed by atoms with van der Waals surface area (Å²) in [6.45, 7) is 5.60. The zero-order chi connectivity index (χ0) is 12.8. The molecule has 5 nitrogen and oxygen atoms in total. The highest BCUT2D eigenvalue weighted by Gasteiger charge is 2.12. The molecule has 0 saturated heterocycles. The Morgan fingerprint density at radius 2 is 2.29 bits per heavy atom. The molecule has 0 bridgehead atoms. The van der Waals surface area contributed by atoms with Crippen molar-refractivity contribution in [1.29, 1.82) is 5.41 Å². The average molecular weight is 236 g/mol. The molecule has 5 heteroatoms. The number of nitrogen functional groups attached to an aromatic ring is 1. The molecule has 1 rings (SSSR count). The Kier molecular flexibility index (Phi) is 4.90. The summed E-state index contributed by atoms with van der Waals surface area (Å²) >= 11 is 0. The van der Waals surface area contributed by atoms with Gasteiger partial charge in [0.15, 0.2) is 0 Å². The maximum absolute atomic E-state index is 7.43. The summed E-state index contributed by atoms with van der Waals surface area (Å²) in [5.41, 5.74) is 6.16. The number of nitrogens with one attached hydrogen (secondary N) is 1. The zero-order valence-corrected chi connectivity index (χ0v) is 10.6. The van der Waals surface area contributed by atoms with E-state index in [4.69, 9.17) is 15.9 Å². The van der Waals surface area contributed by atoms with Gasteiger partial charge in [0, 0.05) is 31.5 Å². The molecule has 0 amide bonds. The van der Waals surface area contributed by atoms with Crippen molar-refractivity contribution in [3.8, 4) is 0 Å². The third-order valence-corrected chi connectivity index (χ3v) is 2.51. The molecule has 0 aliphatic carbocycles. The Hall–Kier alpha value is -1.62. The van der Waals surface area contributed by atoms with Gasteiger partial charge in [-0.25, -0.2) is 4.98 Å². The number of nitrogens with two attached hydrogens (primary N) is 1. The molecular formula is C12H20N4O. The van der Waals surface area contributed by atoms with Crippen LogP contribution in [-0.2, 0) is 4.74 Å². The minimum Gasteiger partial charge on any atom is -0.384 e. The number of hydrogen-bond donors (Lipinski definition) is 2. The highest BCUT2D eigenvalue weighted by Crippen LogP contribution is 2.15. The number of nitrogens with zero attached hydrogens (tertiary/aromatic N) is 2. The standard InChI is InChI=1S/C12H20N4O/c1-9(2)16(6-7-17-3)11-8-10(12(13)14)4-5-15-11/h4-5,8-9H,6-7H2,1-3H3,(H3,13,14). The van der Waals surface area contributed by atoms with Gasteiger partial charge >= 0.3 is 0 Å². The second kappa shape index (κ2) is 6.20. The molecule has 0 aromatic carbocycles. The van der Waals surface area contributed by atoms with Crippen molar-refractivity contribution < 1.29 is 4.74 Å². The van der Waals surface area contributed by atoms with Crippen LogP contribution in [0.15, 0.2) is 18.3 Å². The third-order valence-electron chi connectivity index (χ3n) is 2.51. The molecule has 0 fully saturated rings. The highest BCUT2D eigenvalue weighted by molar-refractivity contribution is 5.95. The van der Waals surface area contributed by atoms with E-state index in [0.717, 1.165) is 12.4 Å². The molecule has 94 valence electrons. The molecule has 1 aromatic rings. The number of hydrogen-bond acceptors (Lipinski definition) is 4. The lowest BCUT2D eigenvalue weighted by Gasteiger charge is -2.27.